The molecule has 1 fully saturated rings. The van der Waals surface area contributed by atoms with Crippen LogP contribution in [0.3, 0.4) is 0 Å². The molecule has 5 nitrogen and oxygen atoms in total. The van der Waals surface area contributed by atoms with E-state index in [1.807, 2.05) is 0 Å². The molecule has 8 heteroatoms. The van der Waals surface area contributed by atoms with Gasteiger partial charge in [-0.2, -0.15) is 0 Å². The lowest BCUT2D eigenvalue weighted by Crippen LogP contribution is -2.47. The summed E-state index contributed by atoms with van der Waals surface area (Å²) >= 11 is 3.31. The Morgan fingerprint density at radius 3 is 2.61 bits per heavy atom. The van der Waals surface area contributed by atoms with Crippen LogP contribution in [-0.4, -0.2) is 38.7 Å². The maximum absolute atomic E-state index is 12.1. The van der Waals surface area contributed by atoms with Gasteiger partial charge in [-0.1, -0.05) is 28.1 Å². The van der Waals surface area contributed by atoms with Crippen molar-refractivity contribution < 1.29 is 13.2 Å². The minimum atomic E-state index is -3.45. The van der Waals surface area contributed by atoms with Crippen LogP contribution in [0.25, 0.3) is 0 Å². The number of carbonyl (C=O) groups is 1. The van der Waals surface area contributed by atoms with Crippen molar-refractivity contribution in [3.05, 3.63) is 34.3 Å². The molecule has 2 atom stereocenters. The monoisotopic (exact) mass is 424 g/mol. The van der Waals surface area contributed by atoms with Gasteiger partial charge in [0.2, 0.25) is 5.91 Å². The molecule has 1 aliphatic rings. The van der Waals surface area contributed by atoms with Crippen LogP contribution < -0.4 is 10.6 Å². The van der Waals surface area contributed by atoms with Gasteiger partial charge >= 0.3 is 0 Å². The fourth-order valence-corrected chi connectivity index (χ4v) is 4.17. The molecule has 1 saturated heterocycles. The standard InChI is InChI=1S/C15H21BrN2O3S.ClH/c1-11-8-14(6-7-17-11)18-15(19)10-22(20,21)9-12-2-4-13(16)5-3-12;/h2-5,11,14,17H,6-10H2,1H3,(H,18,19);1H. The van der Waals surface area contributed by atoms with Crippen molar-refractivity contribution in [1.29, 1.82) is 0 Å². The second kappa shape index (κ2) is 9.01. The van der Waals surface area contributed by atoms with Crippen LogP contribution in [0.5, 0.6) is 0 Å². The van der Waals surface area contributed by atoms with Crippen LogP contribution in [0.4, 0.5) is 0 Å². The van der Waals surface area contributed by atoms with E-state index >= 15 is 0 Å². The Labute approximate surface area is 152 Å². The van der Waals surface area contributed by atoms with E-state index in [-0.39, 0.29) is 24.2 Å². The highest BCUT2D eigenvalue weighted by molar-refractivity contribution is 9.10. The second-order valence-electron chi connectivity index (χ2n) is 5.80. The Morgan fingerprint density at radius 2 is 2.00 bits per heavy atom. The molecule has 0 spiro atoms. The van der Waals surface area contributed by atoms with Crippen molar-refractivity contribution in [2.24, 2.45) is 0 Å². The Hall–Kier alpha value is -0.630. The van der Waals surface area contributed by atoms with Gasteiger partial charge in [0.05, 0.1) is 5.75 Å². The van der Waals surface area contributed by atoms with Crippen molar-refractivity contribution in [1.82, 2.24) is 10.6 Å². The maximum atomic E-state index is 12.1. The van der Waals surface area contributed by atoms with E-state index in [0.717, 1.165) is 23.9 Å². The van der Waals surface area contributed by atoms with Gasteiger partial charge < -0.3 is 10.6 Å². The van der Waals surface area contributed by atoms with Gasteiger partial charge in [-0.25, -0.2) is 8.42 Å². The highest BCUT2D eigenvalue weighted by atomic mass is 79.9. The lowest BCUT2D eigenvalue weighted by Gasteiger charge is -2.28. The molecule has 2 rings (SSSR count). The van der Waals surface area contributed by atoms with Crippen LogP contribution in [0, 0.1) is 0 Å². The first-order valence-corrected chi connectivity index (χ1v) is 9.93. The minimum absolute atomic E-state index is 0. The molecular formula is C15H22BrClN2O3S. The number of piperidine rings is 1. The highest BCUT2D eigenvalue weighted by Crippen LogP contribution is 2.13. The third-order valence-electron chi connectivity index (χ3n) is 3.64. The van der Waals surface area contributed by atoms with E-state index in [4.69, 9.17) is 0 Å². The van der Waals surface area contributed by atoms with Gasteiger partial charge in [0.25, 0.3) is 0 Å². The minimum Gasteiger partial charge on any atom is -0.352 e. The number of carbonyl (C=O) groups excluding carboxylic acids is 1. The predicted molar refractivity (Wildman–Crippen MR) is 97.5 cm³/mol. The molecule has 0 aliphatic carbocycles. The molecule has 130 valence electrons. The molecular weight excluding hydrogens is 404 g/mol. The third-order valence-corrected chi connectivity index (χ3v) is 5.64. The summed E-state index contributed by atoms with van der Waals surface area (Å²) in [6.45, 7) is 2.90. The van der Waals surface area contributed by atoms with Crippen molar-refractivity contribution in [2.45, 2.75) is 37.6 Å². The summed E-state index contributed by atoms with van der Waals surface area (Å²) in [5, 5.41) is 6.13. The van der Waals surface area contributed by atoms with E-state index in [2.05, 4.69) is 33.5 Å². The van der Waals surface area contributed by atoms with Crippen molar-refractivity contribution in [3.63, 3.8) is 0 Å². The van der Waals surface area contributed by atoms with Crippen molar-refractivity contribution in [2.75, 3.05) is 12.3 Å². The maximum Gasteiger partial charge on any atom is 0.235 e. The van der Waals surface area contributed by atoms with E-state index in [0.29, 0.717) is 11.6 Å². The number of hydrogen-bond donors (Lipinski definition) is 2. The molecule has 0 saturated carbocycles. The van der Waals surface area contributed by atoms with Crippen LogP contribution in [0.2, 0.25) is 0 Å². The average molecular weight is 426 g/mol. The Kier molecular flexibility index (Phi) is 8.00. The SMILES string of the molecule is CC1CC(NC(=O)CS(=O)(=O)Cc2ccc(Br)cc2)CCN1.Cl. The summed E-state index contributed by atoms with van der Waals surface area (Å²) in [5.74, 6) is -0.978. The molecule has 1 heterocycles. The first-order valence-electron chi connectivity index (χ1n) is 7.32. The van der Waals surface area contributed by atoms with Crippen LogP contribution in [-0.2, 0) is 20.4 Å². The first-order chi connectivity index (χ1) is 10.3. The van der Waals surface area contributed by atoms with Crippen LogP contribution >= 0.6 is 28.3 Å². The lowest BCUT2D eigenvalue weighted by atomic mass is 10.0. The summed E-state index contributed by atoms with van der Waals surface area (Å²) in [4.78, 5) is 12.0. The molecule has 1 aromatic carbocycles. The lowest BCUT2D eigenvalue weighted by molar-refractivity contribution is -0.119. The van der Waals surface area contributed by atoms with Crippen LogP contribution in [0.1, 0.15) is 25.3 Å². The van der Waals surface area contributed by atoms with Crippen LogP contribution in [0.15, 0.2) is 28.7 Å². The molecule has 1 aliphatic heterocycles. The Bertz CT molecular complexity index is 622. The number of rotatable bonds is 5. The summed E-state index contributed by atoms with van der Waals surface area (Å²) in [7, 11) is -3.45. The zero-order valence-corrected chi connectivity index (χ0v) is 16.1. The van der Waals surface area contributed by atoms with Crippen molar-refractivity contribution in [3.8, 4) is 0 Å². The molecule has 2 unspecified atom stereocenters. The zero-order valence-electron chi connectivity index (χ0n) is 12.9. The zero-order chi connectivity index (χ0) is 16.2. The third kappa shape index (κ3) is 7.20. The number of amides is 1. The molecule has 1 aromatic rings. The largest absolute Gasteiger partial charge is 0.352 e. The molecule has 0 aromatic heterocycles. The highest BCUT2D eigenvalue weighted by Gasteiger charge is 2.23. The average Bonchev–Trinajstić information content (AvgIpc) is 2.40. The fourth-order valence-electron chi connectivity index (χ4n) is 2.62. The topological polar surface area (TPSA) is 75.3 Å². The van der Waals surface area contributed by atoms with Gasteiger partial charge in [-0.05, 0) is 44.0 Å². The smallest absolute Gasteiger partial charge is 0.235 e. The molecule has 23 heavy (non-hydrogen) atoms. The number of hydrogen-bond acceptors (Lipinski definition) is 4. The normalized spacial score (nSPS) is 21.3. The fraction of sp³-hybridized carbons (Fsp3) is 0.533. The van der Waals surface area contributed by atoms with Gasteiger partial charge in [0.15, 0.2) is 9.84 Å². The summed E-state index contributed by atoms with van der Waals surface area (Å²) < 4.78 is 25.1. The Morgan fingerprint density at radius 1 is 1.35 bits per heavy atom. The molecule has 0 bridgehead atoms. The van der Waals surface area contributed by atoms with E-state index in [1.54, 1.807) is 24.3 Å². The van der Waals surface area contributed by atoms with E-state index in [1.165, 1.54) is 0 Å². The number of benzene rings is 1. The quantitative estimate of drug-likeness (QED) is 0.757. The van der Waals surface area contributed by atoms with Gasteiger partial charge in [-0.15, -0.1) is 12.4 Å². The van der Waals surface area contributed by atoms with E-state index in [9.17, 15) is 13.2 Å². The Balaban J connectivity index is 0.00000264. The molecule has 1 amide bonds. The van der Waals surface area contributed by atoms with Gasteiger partial charge in [0, 0.05) is 16.6 Å². The number of halogens is 2. The molecule has 2 N–H and O–H groups in total. The van der Waals surface area contributed by atoms with Gasteiger partial charge in [0.1, 0.15) is 5.75 Å². The predicted octanol–water partition coefficient (Wildman–Crippen LogP) is 2.04. The summed E-state index contributed by atoms with van der Waals surface area (Å²) in [6.07, 6.45) is 1.67. The number of nitrogens with one attached hydrogen (secondary N) is 2. The van der Waals surface area contributed by atoms with E-state index < -0.39 is 21.5 Å². The first kappa shape index (κ1) is 20.4. The molecule has 0 radical (unpaired) electrons. The van der Waals surface area contributed by atoms with Gasteiger partial charge in [-0.3, -0.25) is 4.79 Å². The second-order valence-corrected chi connectivity index (χ2v) is 8.78. The van der Waals surface area contributed by atoms with Crippen molar-refractivity contribution >= 4 is 44.1 Å². The summed E-state index contributed by atoms with van der Waals surface area (Å²) in [5.41, 5.74) is 0.687. The number of sulfone groups is 1. The summed E-state index contributed by atoms with van der Waals surface area (Å²) in [6, 6.07) is 7.48.